The molecule has 12 heteroatoms. The maximum Gasteiger partial charge on any atom is 0.335 e. The van der Waals surface area contributed by atoms with E-state index in [2.05, 4.69) is 11.4 Å². The quantitative estimate of drug-likeness (QED) is 0.221. The van der Waals surface area contributed by atoms with Crippen molar-refractivity contribution in [1.82, 2.24) is 5.32 Å². The normalized spacial score (nSPS) is 41.5. The number of amides is 2. The topological polar surface area (TPSA) is 167 Å². The molecule has 2 amide bonds. The molecular formula is C31H37NO11. The van der Waals surface area contributed by atoms with Gasteiger partial charge in [0.15, 0.2) is 6.10 Å². The SMILES string of the molecule is COC1CC2C=CC3CC4CC(O)C3C2(O4)C(C)=CC2COC(=O)CCC3=C(C=COCC(O)C2OC1=O)C(=O)NC3=O. The second kappa shape index (κ2) is 11.6. The van der Waals surface area contributed by atoms with Gasteiger partial charge in [0.2, 0.25) is 0 Å². The summed E-state index contributed by atoms with van der Waals surface area (Å²) in [4.78, 5) is 50.9. The first-order valence-corrected chi connectivity index (χ1v) is 14.8. The van der Waals surface area contributed by atoms with Crippen LogP contribution in [0.4, 0.5) is 0 Å². The lowest BCUT2D eigenvalue weighted by atomic mass is 9.54. The fraction of sp³-hybridized carbons (Fsp3) is 0.613. The molecule has 0 aromatic rings. The van der Waals surface area contributed by atoms with E-state index in [1.165, 1.54) is 19.4 Å². The van der Waals surface area contributed by atoms with Crippen LogP contribution in [0.25, 0.3) is 0 Å². The monoisotopic (exact) mass is 599 g/mol. The predicted molar refractivity (Wildman–Crippen MR) is 146 cm³/mol. The van der Waals surface area contributed by atoms with Crippen molar-refractivity contribution < 1.29 is 53.1 Å². The number of aliphatic hydroxyl groups is 2. The number of imide groups is 1. The molecule has 1 spiro atoms. The van der Waals surface area contributed by atoms with E-state index >= 15 is 0 Å². The van der Waals surface area contributed by atoms with E-state index in [1.807, 2.05) is 19.1 Å². The molecule has 4 bridgehead atoms. The number of ether oxygens (including phenoxy) is 5. The summed E-state index contributed by atoms with van der Waals surface area (Å²) in [5.41, 5.74) is 0.0485. The van der Waals surface area contributed by atoms with Crippen molar-refractivity contribution in [2.45, 2.75) is 75.1 Å². The summed E-state index contributed by atoms with van der Waals surface area (Å²) in [7, 11) is 1.41. The van der Waals surface area contributed by atoms with Gasteiger partial charge in [-0.25, -0.2) is 4.79 Å². The highest BCUT2D eigenvalue weighted by Crippen LogP contribution is 2.58. The highest BCUT2D eigenvalue weighted by Gasteiger charge is 2.62. The number of hydrogen-bond acceptors (Lipinski definition) is 11. The number of cyclic esters (lactones) is 1. The van der Waals surface area contributed by atoms with E-state index in [1.54, 1.807) is 0 Å². The van der Waals surface area contributed by atoms with Gasteiger partial charge in [0.05, 0.1) is 30.0 Å². The number of hydrogen-bond donors (Lipinski definition) is 3. The number of esters is 2. The third-order valence-corrected chi connectivity index (χ3v) is 9.75. The van der Waals surface area contributed by atoms with Crippen molar-refractivity contribution in [3.8, 4) is 0 Å². The minimum atomic E-state index is -1.38. The Morgan fingerprint density at radius 3 is 2.56 bits per heavy atom. The number of allylic oxidation sites excluding steroid dienone is 1. The van der Waals surface area contributed by atoms with Crippen LogP contribution >= 0.6 is 0 Å². The Morgan fingerprint density at radius 2 is 1.79 bits per heavy atom. The number of aliphatic hydroxyl groups excluding tert-OH is 2. The van der Waals surface area contributed by atoms with Crippen LogP contribution in [0.1, 0.15) is 39.0 Å². The van der Waals surface area contributed by atoms with Crippen molar-refractivity contribution in [1.29, 1.82) is 0 Å². The number of carbonyl (C=O) groups is 4. The molecule has 0 aromatic heterocycles. The van der Waals surface area contributed by atoms with E-state index in [-0.39, 0.29) is 67.5 Å². The fourth-order valence-electron chi connectivity index (χ4n) is 7.81. The van der Waals surface area contributed by atoms with E-state index in [0.29, 0.717) is 6.42 Å². The Labute approximate surface area is 248 Å². The first kappa shape index (κ1) is 29.7. The minimum Gasteiger partial charge on any atom is -0.498 e. The molecule has 7 rings (SSSR count). The third kappa shape index (κ3) is 5.24. The summed E-state index contributed by atoms with van der Waals surface area (Å²) in [5, 5.41) is 24.7. The van der Waals surface area contributed by atoms with Crippen LogP contribution in [0.3, 0.4) is 0 Å². The number of rotatable bonds is 1. The van der Waals surface area contributed by atoms with Gasteiger partial charge in [-0.05, 0) is 50.2 Å². The summed E-state index contributed by atoms with van der Waals surface area (Å²) in [5.74, 6) is -3.82. The Kier molecular flexibility index (Phi) is 8.05. The highest BCUT2D eigenvalue weighted by atomic mass is 16.6. The molecule has 232 valence electrons. The zero-order valence-corrected chi connectivity index (χ0v) is 24.1. The van der Waals surface area contributed by atoms with Crippen LogP contribution in [-0.4, -0.2) is 90.4 Å². The largest absolute Gasteiger partial charge is 0.498 e. The van der Waals surface area contributed by atoms with Crippen LogP contribution < -0.4 is 5.32 Å². The molecule has 7 aliphatic rings. The smallest absolute Gasteiger partial charge is 0.335 e. The van der Waals surface area contributed by atoms with E-state index in [9.17, 15) is 29.4 Å². The number of methoxy groups -OCH3 is 1. The lowest BCUT2D eigenvalue weighted by Gasteiger charge is -2.62. The molecule has 2 aliphatic carbocycles. The molecule has 2 saturated heterocycles. The van der Waals surface area contributed by atoms with Gasteiger partial charge in [0.25, 0.3) is 11.8 Å². The van der Waals surface area contributed by atoms with E-state index in [4.69, 9.17) is 23.7 Å². The summed E-state index contributed by atoms with van der Waals surface area (Å²) in [6, 6.07) is 0. The predicted octanol–water partition coefficient (Wildman–Crippen LogP) is 0.771. The lowest BCUT2D eigenvalue weighted by Crippen LogP contribution is -2.66. The van der Waals surface area contributed by atoms with Crippen molar-refractivity contribution >= 4 is 23.8 Å². The zero-order chi connectivity index (χ0) is 30.5. The van der Waals surface area contributed by atoms with Gasteiger partial charge in [-0.3, -0.25) is 19.7 Å². The molecule has 0 aromatic carbocycles. The van der Waals surface area contributed by atoms with Gasteiger partial charge in [-0.1, -0.05) is 18.2 Å². The Morgan fingerprint density at radius 1 is 0.977 bits per heavy atom. The van der Waals surface area contributed by atoms with Crippen LogP contribution in [0.15, 0.2) is 47.3 Å². The molecule has 3 fully saturated rings. The van der Waals surface area contributed by atoms with E-state index in [0.717, 1.165) is 12.0 Å². The van der Waals surface area contributed by atoms with Crippen LogP contribution in [0.5, 0.6) is 0 Å². The second-order valence-corrected chi connectivity index (χ2v) is 12.2. The first-order chi connectivity index (χ1) is 20.6. The summed E-state index contributed by atoms with van der Waals surface area (Å²) >= 11 is 0. The number of carbonyl (C=O) groups excluding carboxylic acids is 4. The maximum atomic E-state index is 13.5. The maximum absolute atomic E-state index is 13.5. The van der Waals surface area contributed by atoms with Gasteiger partial charge >= 0.3 is 11.9 Å². The molecule has 3 N–H and O–H groups in total. The van der Waals surface area contributed by atoms with E-state index < -0.39 is 59.7 Å². The number of fused-ring (bicyclic) bond motifs is 2. The molecule has 10 unspecified atom stereocenters. The average molecular weight is 600 g/mol. The average Bonchev–Trinajstić information content (AvgIpc) is 3.24. The fourth-order valence-corrected chi connectivity index (χ4v) is 7.81. The summed E-state index contributed by atoms with van der Waals surface area (Å²) in [6.07, 6.45) is 5.46. The van der Waals surface area contributed by atoms with Gasteiger partial charge in [-0.15, -0.1) is 0 Å². The number of nitrogens with one attached hydrogen (secondary N) is 1. The summed E-state index contributed by atoms with van der Waals surface area (Å²) in [6.45, 7) is 1.31. The molecule has 5 heterocycles. The zero-order valence-electron chi connectivity index (χ0n) is 24.1. The summed E-state index contributed by atoms with van der Waals surface area (Å²) < 4.78 is 29.4. The minimum absolute atomic E-state index is 0.0283. The molecule has 1 saturated carbocycles. The molecule has 10 atom stereocenters. The van der Waals surface area contributed by atoms with Gasteiger partial charge in [0.1, 0.15) is 31.0 Å². The highest BCUT2D eigenvalue weighted by molar-refractivity contribution is 6.20. The molecule has 0 radical (unpaired) electrons. The molecule has 12 nitrogen and oxygen atoms in total. The second-order valence-electron chi connectivity index (χ2n) is 12.2. The van der Waals surface area contributed by atoms with Crippen LogP contribution in [-0.2, 0) is 42.9 Å². The van der Waals surface area contributed by atoms with Gasteiger partial charge in [0, 0.05) is 30.9 Å². The van der Waals surface area contributed by atoms with Crippen molar-refractivity contribution in [2.75, 3.05) is 20.3 Å². The van der Waals surface area contributed by atoms with Crippen LogP contribution in [0, 0.1) is 23.7 Å². The third-order valence-electron chi connectivity index (χ3n) is 9.75. The Bertz CT molecular complexity index is 1320. The molecular weight excluding hydrogens is 562 g/mol. The van der Waals surface area contributed by atoms with Gasteiger partial charge < -0.3 is 33.9 Å². The van der Waals surface area contributed by atoms with Crippen LogP contribution in [0.2, 0.25) is 0 Å². The Balaban J connectivity index is 1.39. The van der Waals surface area contributed by atoms with Crippen molar-refractivity contribution in [2.24, 2.45) is 23.7 Å². The Hall–Kier alpha value is -3.32. The molecule has 5 aliphatic heterocycles. The van der Waals surface area contributed by atoms with Crippen molar-refractivity contribution in [3.05, 3.63) is 47.3 Å². The standard InChI is InChI=1S/C31H37NO11/c1-15-9-17-13-41-25(35)6-5-20-21(29(37)32-28(20)36)7-8-40-14-23(34)27(17)42-30(38)24(39-2)11-18-4-3-16-10-19-12-22(33)26(16)31(15,18)43-19/h3-4,7-9,16-19,22-24,26-27,33-34H,5-6,10-14H2,1-2H3,(H,32,36,37). The van der Waals surface area contributed by atoms with Crippen molar-refractivity contribution in [3.63, 3.8) is 0 Å². The van der Waals surface area contributed by atoms with Gasteiger partial charge in [-0.2, -0.15) is 0 Å². The lowest BCUT2D eigenvalue weighted by molar-refractivity contribution is -0.254. The molecule has 43 heavy (non-hydrogen) atoms. The first-order valence-electron chi connectivity index (χ1n) is 14.8.